The lowest BCUT2D eigenvalue weighted by molar-refractivity contribution is -0.116. The second-order valence-electron chi connectivity index (χ2n) is 8.44. The molecule has 0 spiro atoms. The molecule has 1 saturated heterocycles. The third-order valence-electron chi connectivity index (χ3n) is 6.01. The number of fused-ring (bicyclic) bond motifs is 1. The smallest absolute Gasteiger partial charge is 0.316 e. The Balaban J connectivity index is 1.26. The lowest BCUT2D eigenvalue weighted by Crippen LogP contribution is -2.51. The molecule has 1 atom stereocenters. The summed E-state index contributed by atoms with van der Waals surface area (Å²) >= 11 is 0. The van der Waals surface area contributed by atoms with Gasteiger partial charge in [-0.3, -0.25) is 9.69 Å². The molecule has 2 aliphatic rings. The molecule has 4 rings (SSSR count). The zero-order chi connectivity index (χ0) is 23.9. The summed E-state index contributed by atoms with van der Waals surface area (Å²) < 4.78 is 6.01. The summed E-state index contributed by atoms with van der Waals surface area (Å²) in [5.41, 5.74) is 8.23. The fourth-order valence-corrected chi connectivity index (χ4v) is 4.26. The van der Waals surface area contributed by atoms with Crippen LogP contribution in [0.1, 0.15) is 24.0 Å². The number of amides is 3. The van der Waals surface area contributed by atoms with E-state index in [0.717, 1.165) is 37.2 Å². The zero-order valence-corrected chi connectivity index (χ0v) is 19.1. The fraction of sp³-hybridized carbons (Fsp3) is 0.360. The van der Waals surface area contributed by atoms with Crippen molar-refractivity contribution in [2.24, 2.45) is 5.73 Å². The molecule has 0 aliphatic carbocycles. The van der Waals surface area contributed by atoms with Crippen LogP contribution in [0.5, 0.6) is 5.75 Å². The Labute approximate surface area is 199 Å². The lowest BCUT2D eigenvalue weighted by atomic mass is 10.0. The minimum absolute atomic E-state index is 0.107. The number of carbonyl (C=O) groups excluding carboxylic acids is 2. The monoisotopic (exact) mass is 465 g/mol. The van der Waals surface area contributed by atoms with E-state index in [2.05, 4.69) is 38.6 Å². The van der Waals surface area contributed by atoms with Gasteiger partial charge in [-0.25, -0.2) is 4.79 Å². The molecule has 2 heterocycles. The predicted octanol–water partition coefficient (Wildman–Crippen LogP) is 2.44. The van der Waals surface area contributed by atoms with Crippen molar-refractivity contribution < 1.29 is 19.4 Å². The second-order valence-corrected chi connectivity index (χ2v) is 8.44. The van der Waals surface area contributed by atoms with E-state index in [-0.39, 0.29) is 5.91 Å². The van der Waals surface area contributed by atoms with Gasteiger partial charge < -0.3 is 31.1 Å². The summed E-state index contributed by atoms with van der Waals surface area (Å²) in [6, 6.07) is 12.9. The number of β-amino-alcohol motifs (C(OH)–C–C–N with tert-alkyl or cyclic N) is 1. The van der Waals surface area contributed by atoms with Gasteiger partial charge in [0.15, 0.2) is 0 Å². The maximum atomic E-state index is 11.8. The number of hydrogen-bond donors (Lipinski definition) is 4. The molecule has 34 heavy (non-hydrogen) atoms. The van der Waals surface area contributed by atoms with Crippen molar-refractivity contribution in [3.05, 3.63) is 59.8 Å². The highest BCUT2D eigenvalue weighted by Crippen LogP contribution is 2.37. The van der Waals surface area contributed by atoms with Crippen molar-refractivity contribution in [1.29, 1.82) is 0 Å². The first-order valence-electron chi connectivity index (χ1n) is 11.5. The quantitative estimate of drug-likeness (QED) is 0.445. The van der Waals surface area contributed by atoms with Crippen molar-refractivity contribution in [2.45, 2.75) is 25.5 Å². The first-order valence-corrected chi connectivity index (χ1v) is 11.5. The van der Waals surface area contributed by atoms with E-state index in [1.54, 1.807) is 12.1 Å². The van der Waals surface area contributed by atoms with Crippen molar-refractivity contribution >= 4 is 29.4 Å². The molecule has 2 aliphatic heterocycles. The van der Waals surface area contributed by atoms with Gasteiger partial charge in [0.2, 0.25) is 5.91 Å². The number of primary amides is 1. The number of rotatable bonds is 8. The molecule has 9 heteroatoms. The van der Waals surface area contributed by atoms with E-state index in [9.17, 15) is 14.7 Å². The van der Waals surface area contributed by atoms with E-state index in [4.69, 9.17) is 10.5 Å². The SMILES string of the molecule is NC(=O)Nc1ccc(OCCCN2CCN(C=Cc3ccccc3)CC2O)c2c1NC(=O)CC2. The molecule has 5 N–H and O–H groups in total. The highest BCUT2D eigenvalue weighted by molar-refractivity contribution is 6.02. The van der Waals surface area contributed by atoms with Gasteiger partial charge in [0.25, 0.3) is 0 Å². The summed E-state index contributed by atoms with van der Waals surface area (Å²) in [5.74, 6) is 0.574. The molecule has 180 valence electrons. The molecule has 1 unspecified atom stereocenters. The second kappa shape index (κ2) is 11.0. The van der Waals surface area contributed by atoms with Gasteiger partial charge in [0.1, 0.15) is 12.0 Å². The van der Waals surface area contributed by atoms with Crippen LogP contribution in [0.15, 0.2) is 48.7 Å². The summed E-state index contributed by atoms with van der Waals surface area (Å²) in [5, 5.41) is 15.9. The van der Waals surface area contributed by atoms with Crippen LogP contribution >= 0.6 is 0 Å². The third-order valence-corrected chi connectivity index (χ3v) is 6.01. The zero-order valence-electron chi connectivity index (χ0n) is 19.1. The van der Waals surface area contributed by atoms with Crippen LogP contribution in [-0.2, 0) is 11.2 Å². The van der Waals surface area contributed by atoms with Gasteiger partial charge in [-0.2, -0.15) is 0 Å². The molecule has 9 nitrogen and oxygen atoms in total. The molecule has 3 amide bonds. The van der Waals surface area contributed by atoms with Crippen molar-refractivity contribution in [3.63, 3.8) is 0 Å². The summed E-state index contributed by atoms with van der Waals surface area (Å²) in [4.78, 5) is 27.3. The number of anilines is 2. The first-order chi connectivity index (χ1) is 16.5. The molecule has 0 aromatic heterocycles. The Hall–Kier alpha value is -3.56. The van der Waals surface area contributed by atoms with Crippen LogP contribution in [0.4, 0.5) is 16.2 Å². The van der Waals surface area contributed by atoms with Crippen molar-refractivity contribution in [1.82, 2.24) is 9.80 Å². The first kappa shape index (κ1) is 23.6. The van der Waals surface area contributed by atoms with E-state index in [1.807, 2.05) is 24.4 Å². The molecular formula is C25H31N5O4. The average Bonchev–Trinajstić information content (AvgIpc) is 2.83. The highest BCUT2D eigenvalue weighted by atomic mass is 16.5. The number of nitrogens with zero attached hydrogens (tertiary/aromatic N) is 2. The lowest BCUT2D eigenvalue weighted by Gasteiger charge is -2.38. The number of carbonyl (C=O) groups is 2. The number of nitrogens with one attached hydrogen (secondary N) is 2. The van der Waals surface area contributed by atoms with E-state index >= 15 is 0 Å². The molecular weight excluding hydrogens is 434 g/mol. The number of urea groups is 1. The molecule has 0 saturated carbocycles. The largest absolute Gasteiger partial charge is 0.493 e. The van der Waals surface area contributed by atoms with Gasteiger partial charge in [0, 0.05) is 31.6 Å². The number of benzene rings is 2. The number of piperazine rings is 1. The van der Waals surface area contributed by atoms with Gasteiger partial charge in [-0.1, -0.05) is 30.3 Å². The highest BCUT2D eigenvalue weighted by Gasteiger charge is 2.24. The molecule has 2 aromatic rings. The van der Waals surface area contributed by atoms with Crippen molar-refractivity contribution in [2.75, 3.05) is 43.4 Å². The molecule has 2 aromatic carbocycles. The molecule has 1 fully saturated rings. The number of hydrogen-bond acceptors (Lipinski definition) is 6. The van der Waals surface area contributed by atoms with Gasteiger partial charge in [-0.05, 0) is 42.8 Å². The number of ether oxygens (including phenoxy) is 1. The average molecular weight is 466 g/mol. The number of aliphatic hydroxyl groups excluding tert-OH is 1. The maximum absolute atomic E-state index is 11.8. The normalized spacial score (nSPS) is 18.4. The molecule has 0 radical (unpaired) electrons. The molecule has 0 bridgehead atoms. The standard InChI is InChI=1S/C25H31N5O4/c26-25(33)27-20-8-9-21(19-7-10-22(31)28-24(19)20)34-16-4-12-30-15-14-29(17-23(30)32)13-11-18-5-2-1-3-6-18/h1-3,5-6,8-9,11,13,23,32H,4,7,10,12,14-17H2,(H,28,31)(H3,26,27,33). The topological polar surface area (TPSA) is 120 Å². The Morgan fingerprint density at radius 3 is 2.79 bits per heavy atom. The van der Waals surface area contributed by atoms with Crippen LogP contribution in [0, 0.1) is 0 Å². The Bertz CT molecular complexity index is 1040. The van der Waals surface area contributed by atoms with Crippen LogP contribution in [-0.4, -0.2) is 65.9 Å². The summed E-state index contributed by atoms with van der Waals surface area (Å²) in [6.45, 7) is 3.38. The Kier molecular flexibility index (Phi) is 7.66. The fourth-order valence-electron chi connectivity index (χ4n) is 4.26. The van der Waals surface area contributed by atoms with Crippen LogP contribution in [0.25, 0.3) is 6.08 Å². The van der Waals surface area contributed by atoms with Crippen LogP contribution in [0.3, 0.4) is 0 Å². The Morgan fingerprint density at radius 1 is 1.21 bits per heavy atom. The number of aliphatic hydroxyl groups is 1. The maximum Gasteiger partial charge on any atom is 0.316 e. The summed E-state index contributed by atoms with van der Waals surface area (Å²) in [6.07, 6.45) is 5.21. The van der Waals surface area contributed by atoms with Gasteiger partial charge in [-0.15, -0.1) is 0 Å². The minimum atomic E-state index is -0.690. The van der Waals surface area contributed by atoms with E-state index in [1.165, 1.54) is 0 Å². The number of nitrogens with two attached hydrogens (primary N) is 1. The van der Waals surface area contributed by atoms with Crippen LogP contribution in [0.2, 0.25) is 0 Å². The van der Waals surface area contributed by atoms with Crippen LogP contribution < -0.4 is 21.1 Å². The summed E-state index contributed by atoms with van der Waals surface area (Å²) in [7, 11) is 0. The predicted molar refractivity (Wildman–Crippen MR) is 131 cm³/mol. The van der Waals surface area contributed by atoms with Gasteiger partial charge in [0.05, 0.1) is 24.5 Å². The third kappa shape index (κ3) is 6.06. The Morgan fingerprint density at radius 2 is 2.03 bits per heavy atom. The minimum Gasteiger partial charge on any atom is -0.493 e. The van der Waals surface area contributed by atoms with Gasteiger partial charge >= 0.3 is 6.03 Å². The van der Waals surface area contributed by atoms with E-state index in [0.29, 0.717) is 43.1 Å². The van der Waals surface area contributed by atoms with Crippen molar-refractivity contribution in [3.8, 4) is 5.75 Å². The van der Waals surface area contributed by atoms with E-state index < -0.39 is 12.3 Å².